The molecular weight excluding hydrogens is 256 g/mol. The number of amides is 1. The molecule has 1 aromatic rings. The number of rotatable bonds is 7. The van der Waals surface area contributed by atoms with Crippen molar-refractivity contribution in [2.75, 3.05) is 19.5 Å². The first-order valence-corrected chi connectivity index (χ1v) is 6.74. The van der Waals surface area contributed by atoms with Crippen LogP contribution in [0.5, 0.6) is 11.5 Å². The van der Waals surface area contributed by atoms with Crippen LogP contribution in [0.4, 0.5) is 5.69 Å². The maximum atomic E-state index is 12.0. The van der Waals surface area contributed by atoms with Gasteiger partial charge in [0, 0.05) is 24.6 Å². The molecule has 0 saturated heterocycles. The summed E-state index contributed by atoms with van der Waals surface area (Å²) in [6.07, 6.45) is 0.410. The second-order valence-electron chi connectivity index (χ2n) is 5.04. The van der Waals surface area contributed by atoms with E-state index in [1.807, 2.05) is 6.92 Å². The van der Waals surface area contributed by atoms with Gasteiger partial charge in [-0.3, -0.25) is 4.79 Å². The lowest BCUT2D eigenvalue weighted by Crippen LogP contribution is -2.35. The van der Waals surface area contributed by atoms with E-state index in [4.69, 9.17) is 9.47 Å². The minimum Gasteiger partial charge on any atom is -0.497 e. The van der Waals surface area contributed by atoms with Crippen molar-refractivity contribution < 1.29 is 14.3 Å². The number of hydrogen-bond acceptors (Lipinski definition) is 4. The normalized spacial score (nSPS) is 12.1. The van der Waals surface area contributed by atoms with E-state index in [9.17, 15) is 4.79 Å². The Kier molecular flexibility index (Phi) is 6.31. The van der Waals surface area contributed by atoms with Crippen molar-refractivity contribution in [2.24, 2.45) is 0 Å². The molecule has 5 heteroatoms. The fraction of sp³-hybridized carbons (Fsp3) is 0.533. The Hall–Kier alpha value is -1.75. The summed E-state index contributed by atoms with van der Waals surface area (Å²) in [7, 11) is 3.15. The van der Waals surface area contributed by atoms with Crippen LogP contribution in [-0.4, -0.2) is 32.2 Å². The fourth-order valence-corrected chi connectivity index (χ4v) is 2.01. The summed E-state index contributed by atoms with van der Waals surface area (Å²) in [6, 6.07) is 5.78. The molecule has 1 atom stereocenters. The minimum atomic E-state index is -0.0471. The van der Waals surface area contributed by atoms with Crippen LogP contribution in [0.2, 0.25) is 0 Å². The number of benzene rings is 1. The van der Waals surface area contributed by atoms with Crippen molar-refractivity contribution in [3.63, 3.8) is 0 Å². The third-order valence-corrected chi connectivity index (χ3v) is 2.79. The van der Waals surface area contributed by atoms with Gasteiger partial charge in [-0.15, -0.1) is 0 Å². The van der Waals surface area contributed by atoms with Crippen LogP contribution in [0.25, 0.3) is 0 Å². The standard InChI is InChI=1S/C15H24N2O3/c1-10(2)16-11(3)8-15(18)17-13-7-6-12(19-4)9-14(13)20-5/h6-7,9-11,16H,8H2,1-5H3,(H,17,18). The Bertz CT molecular complexity index is 447. The smallest absolute Gasteiger partial charge is 0.226 e. The highest BCUT2D eigenvalue weighted by Crippen LogP contribution is 2.29. The number of carbonyl (C=O) groups excluding carboxylic acids is 1. The number of nitrogens with one attached hydrogen (secondary N) is 2. The summed E-state index contributed by atoms with van der Waals surface area (Å²) in [5.74, 6) is 1.23. The molecule has 1 unspecified atom stereocenters. The summed E-state index contributed by atoms with van der Waals surface area (Å²) in [4.78, 5) is 12.0. The Morgan fingerprint density at radius 3 is 2.45 bits per heavy atom. The number of anilines is 1. The lowest BCUT2D eigenvalue weighted by molar-refractivity contribution is -0.116. The molecule has 112 valence electrons. The van der Waals surface area contributed by atoms with Gasteiger partial charge in [0.25, 0.3) is 0 Å². The van der Waals surface area contributed by atoms with Gasteiger partial charge in [-0.05, 0) is 19.1 Å². The van der Waals surface area contributed by atoms with Crippen LogP contribution >= 0.6 is 0 Å². The monoisotopic (exact) mass is 280 g/mol. The van der Waals surface area contributed by atoms with Crippen LogP contribution in [0.3, 0.4) is 0 Å². The maximum absolute atomic E-state index is 12.0. The molecular formula is C15H24N2O3. The van der Waals surface area contributed by atoms with E-state index in [0.29, 0.717) is 29.6 Å². The molecule has 0 spiro atoms. The van der Waals surface area contributed by atoms with Gasteiger partial charge in [-0.1, -0.05) is 13.8 Å². The summed E-state index contributed by atoms with van der Waals surface area (Å²) in [6.45, 7) is 6.10. The van der Waals surface area contributed by atoms with Crippen molar-refractivity contribution in [1.82, 2.24) is 5.32 Å². The van der Waals surface area contributed by atoms with Gasteiger partial charge in [0.1, 0.15) is 11.5 Å². The summed E-state index contributed by atoms with van der Waals surface area (Å²) in [5, 5.41) is 6.15. The highest BCUT2D eigenvalue weighted by Gasteiger charge is 2.12. The van der Waals surface area contributed by atoms with Crippen LogP contribution in [-0.2, 0) is 4.79 Å². The van der Waals surface area contributed by atoms with E-state index < -0.39 is 0 Å². The Morgan fingerprint density at radius 1 is 1.20 bits per heavy atom. The summed E-state index contributed by atoms with van der Waals surface area (Å²) in [5.41, 5.74) is 0.648. The molecule has 0 saturated carbocycles. The summed E-state index contributed by atoms with van der Waals surface area (Å²) < 4.78 is 10.4. The molecule has 1 rings (SSSR count). The molecule has 20 heavy (non-hydrogen) atoms. The third kappa shape index (κ3) is 5.09. The van der Waals surface area contributed by atoms with Crippen LogP contribution in [0.1, 0.15) is 27.2 Å². The Morgan fingerprint density at radius 2 is 1.90 bits per heavy atom. The average Bonchev–Trinajstić information content (AvgIpc) is 2.37. The van der Waals surface area contributed by atoms with Gasteiger partial charge < -0.3 is 20.1 Å². The van der Waals surface area contributed by atoms with E-state index in [2.05, 4.69) is 24.5 Å². The zero-order valence-corrected chi connectivity index (χ0v) is 12.8. The third-order valence-electron chi connectivity index (χ3n) is 2.79. The Labute approximate surface area is 120 Å². The highest BCUT2D eigenvalue weighted by atomic mass is 16.5. The number of methoxy groups -OCH3 is 2. The molecule has 0 aliphatic rings. The molecule has 2 N–H and O–H groups in total. The topological polar surface area (TPSA) is 59.6 Å². The van der Waals surface area contributed by atoms with Gasteiger partial charge in [0.2, 0.25) is 5.91 Å². The van der Waals surface area contributed by atoms with Crippen molar-refractivity contribution in [2.45, 2.75) is 39.3 Å². The first-order chi connectivity index (χ1) is 9.46. The van der Waals surface area contributed by atoms with Gasteiger partial charge in [-0.25, -0.2) is 0 Å². The molecule has 0 heterocycles. The first-order valence-electron chi connectivity index (χ1n) is 6.74. The molecule has 0 fully saturated rings. The maximum Gasteiger partial charge on any atom is 0.226 e. The van der Waals surface area contributed by atoms with E-state index in [-0.39, 0.29) is 11.9 Å². The zero-order chi connectivity index (χ0) is 15.1. The molecule has 0 radical (unpaired) electrons. The van der Waals surface area contributed by atoms with E-state index in [1.165, 1.54) is 0 Å². The fourth-order valence-electron chi connectivity index (χ4n) is 2.01. The van der Waals surface area contributed by atoms with Gasteiger partial charge in [0.15, 0.2) is 0 Å². The predicted molar refractivity (Wildman–Crippen MR) is 80.5 cm³/mol. The van der Waals surface area contributed by atoms with E-state index in [1.54, 1.807) is 32.4 Å². The molecule has 5 nitrogen and oxygen atoms in total. The lowest BCUT2D eigenvalue weighted by Gasteiger charge is -2.17. The largest absolute Gasteiger partial charge is 0.497 e. The number of ether oxygens (including phenoxy) is 2. The van der Waals surface area contributed by atoms with Crippen molar-refractivity contribution in [1.29, 1.82) is 0 Å². The molecule has 0 bridgehead atoms. The quantitative estimate of drug-likeness (QED) is 0.805. The molecule has 1 aromatic carbocycles. The zero-order valence-electron chi connectivity index (χ0n) is 12.8. The van der Waals surface area contributed by atoms with Crippen LogP contribution < -0.4 is 20.1 Å². The molecule has 0 aliphatic heterocycles. The lowest BCUT2D eigenvalue weighted by atomic mass is 10.2. The SMILES string of the molecule is COc1ccc(NC(=O)CC(C)NC(C)C)c(OC)c1. The van der Waals surface area contributed by atoms with Gasteiger partial charge in [0.05, 0.1) is 19.9 Å². The summed E-state index contributed by atoms with van der Waals surface area (Å²) >= 11 is 0. The Balaban J connectivity index is 2.66. The van der Waals surface area contributed by atoms with E-state index >= 15 is 0 Å². The van der Waals surface area contributed by atoms with Gasteiger partial charge in [-0.2, -0.15) is 0 Å². The average molecular weight is 280 g/mol. The number of carbonyl (C=O) groups is 1. The highest BCUT2D eigenvalue weighted by molar-refractivity contribution is 5.92. The predicted octanol–water partition coefficient (Wildman–Crippen LogP) is 2.42. The van der Waals surface area contributed by atoms with Gasteiger partial charge >= 0.3 is 0 Å². The van der Waals surface area contributed by atoms with Crippen molar-refractivity contribution in [3.8, 4) is 11.5 Å². The van der Waals surface area contributed by atoms with Crippen LogP contribution in [0, 0.1) is 0 Å². The first kappa shape index (κ1) is 16.3. The minimum absolute atomic E-state index is 0.0471. The molecule has 0 aromatic heterocycles. The molecule has 0 aliphatic carbocycles. The van der Waals surface area contributed by atoms with Crippen molar-refractivity contribution in [3.05, 3.63) is 18.2 Å². The molecule has 1 amide bonds. The second-order valence-corrected chi connectivity index (χ2v) is 5.04. The van der Waals surface area contributed by atoms with E-state index in [0.717, 1.165) is 0 Å². The number of hydrogen-bond donors (Lipinski definition) is 2. The second kappa shape index (κ2) is 7.75. The van der Waals surface area contributed by atoms with Crippen LogP contribution in [0.15, 0.2) is 18.2 Å². The van der Waals surface area contributed by atoms with Crippen molar-refractivity contribution >= 4 is 11.6 Å².